The molecule has 2 aromatic rings. The maximum Gasteiger partial charge on any atom is 0.411 e. The summed E-state index contributed by atoms with van der Waals surface area (Å²) in [6.45, 7) is 3.01. The van der Waals surface area contributed by atoms with Gasteiger partial charge in [-0.25, -0.2) is 4.79 Å². The summed E-state index contributed by atoms with van der Waals surface area (Å²) >= 11 is 0. The van der Waals surface area contributed by atoms with E-state index in [0.29, 0.717) is 38.0 Å². The summed E-state index contributed by atoms with van der Waals surface area (Å²) in [7, 11) is 1.62. The van der Waals surface area contributed by atoms with E-state index < -0.39 is 6.09 Å². The van der Waals surface area contributed by atoms with Crippen molar-refractivity contribution in [2.75, 3.05) is 57.4 Å². The van der Waals surface area contributed by atoms with Crippen LogP contribution in [-0.4, -0.2) is 70.7 Å². The fourth-order valence-electron chi connectivity index (χ4n) is 3.73. The summed E-state index contributed by atoms with van der Waals surface area (Å²) in [5.41, 5.74) is 3.54. The molecule has 0 saturated carbocycles. The smallest absolute Gasteiger partial charge is 0.411 e. The van der Waals surface area contributed by atoms with E-state index in [1.165, 1.54) is 6.92 Å². The molecular formula is C31H42N2O9. The molecule has 0 bridgehead atoms. The number of methoxy groups -OCH3 is 1. The first-order valence-corrected chi connectivity index (χ1v) is 14.1. The van der Waals surface area contributed by atoms with Gasteiger partial charge in [0.25, 0.3) is 0 Å². The number of amides is 2. The van der Waals surface area contributed by atoms with Crippen molar-refractivity contribution < 1.29 is 42.9 Å². The number of anilines is 2. The number of hydrogen-bond acceptors (Lipinski definition) is 9. The lowest BCUT2D eigenvalue weighted by molar-refractivity contribution is -0.146. The standard InChI is InChI=1S/C31H42N2O9/c1-24(34)32-27-13-9-25(10-14-27)23-26-11-15-28(16-12-26)33-31(37)42-18-6-4-8-30(36)41-22-20-39-19-21-40-29(35)7-3-5-17-38-2/h9-16H,3-8,17-23H2,1-2H3,(H,32,34)(H,33,37). The summed E-state index contributed by atoms with van der Waals surface area (Å²) < 4.78 is 25.6. The lowest BCUT2D eigenvalue weighted by Gasteiger charge is -2.09. The summed E-state index contributed by atoms with van der Waals surface area (Å²) in [5.74, 6) is -0.728. The molecule has 0 unspecified atom stereocenters. The van der Waals surface area contributed by atoms with Gasteiger partial charge in [-0.1, -0.05) is 24.3 Å². The van der Waals surface area contributed by atoms with Crippen LogP contribution in [0.2, 0.25) is 0 Å². The van der Waals surface area contributed by atoms with E-state index in [4.69, 9.17) is 23.7 Å². The van der Waals surface area contributed by atoms with Crippen molar-refractivity contribution >= 4 is 35.3 Å². The van der Waals surface area contributed by atoms with E-state index in [1.807, 2.05) is 36.4 Å². The van der Waals surface area contributed by atoms with Crippen molar-refractivity contribution in [3.63, 3.8) is 0 Å². The molecule has 0 aliphatic heterocycles. The Morgan fingerprint density at radius 1 is 0.595 bits per heavy atom. The monoisotopic (exact) mass is 586 g/mol. The lowest BCUT2D eigenvalue weighted by Crippen LogP contribution is -2.15. The SMILES string of the molecule is COCCCCC(=O)OCCOCCOC(=O)CCCCOC(=O)Nc1ccc(Cc2ccc(NC(C)=O)cc2)cc1. The Labute approximate surface area is 247 Å². The first-order chi connectivity index (χ1) is 20.4. The van der Waals surface area contributed by atoms with E-state index in [-0.39, 0.29) is 57.3 Å². The largest absolute Gasteiger partial charge is 0.463 e. The van der Waals surface area contributed by atoms with Crippen LogP contribution >= 0.6 is 0 Å². The number of benzene rings is 2. The molecule has 0 atom stereocenters. The molecule has 0 radical (unpaired) electrons. The number of hydrogen-bond donors (Lipinski definition) is 2. The molecule has 2 aromatic carbocycles. The number of rotatable bonds is 20. The van der Waals surface area contributed by atoms with Crippen LogP contribution in [0.15, 0.2) is 48.5 Å². The molecule has 11 nitrogen and oxygen atoms in total. The Kier molecular flexibility index (Phi) is 17.0. The molecule has 11 heteroatoms. The van der Waals surface area contributed by atoms with Crippen LogP contribution in [0.3, 0.4) is 0 Å². The zero-order chi connectivity index (χ0) is 30.4. The van der Waals surface area contributed by atoms with E-state index in [9.17, 15) is 19.2 Å². The molecule has 0 saturated heterocycles. The average Bonchev–Trinajstić information content (AvgIpc) is 2.96. The summed E-state index contributed by atoms with van der Waals surface area (Å²) in [4.78, 5) is 46.5. The third-order valence-electron chi connectivity index (χ3n) is 5.85. The average molecular weight is 587 g/mol. The van der Waals surface area contributed by atoms with Gasteiger partial charge in [-0.15, -0.1) is 0 Å². The van der Waals surface area contributed by atoms with Gasteiger partial charge in [-0.3, -0.25) is 19.7 Å². The molecule has 0 fully saturated rings. The van der Waals surface area contributed by atoms with Gasteiger partial charge in [-0.2, -0.15) is 0 Å². The highest BCUT2D eigenvalue weighted by molar-refractivity contribution is 5.88. The summed E-state index contributed by atoms with van der Waals surface area (Å²) in [6.07, 6.45) is 3.30. The second-order valence-corrected chi connectivity index (χ2v) is 9.47. The third-order valence-corrected chi connectivity index (χ3v) is 5.85. The molecule has 0 aromatic heterocycles. The molecule has 42 heavy (non-hydrogen) atoms. The fraction of sp³-hybridized carbons (Fsp3) is 0.484. The molecule has 2 rings (SSSR count). The van der Waals surface area contributed by atoms with E-state index in [0.717, 1.165) is 29.7 Å². The Balaban J connectivity index is 1.47. The Hall–Kier alpha value is -3.96. The number of carbonyl (C=O) groups excluding carboxylic acids is 4. The van der Waals surface area contributed by atoms with Crippen molar-refractivity contribution in [3.8, 4) is 0 Å². The first kappa shape index (κ1) is 34.2. The minimum atomic E-state index is -0.562. The first-order valence-electron chi connectivity index (χ1n) is 14.1. The highest BCUT2D eigenvalue weighted by atomic mass is 16.6. The fourth-order valence-corrected chi connectivity index (χ4v) is 3.73. The van der Waals surface area contributed by atoms with Crippen LogP contribution in [0.4, 0.5) is 16.2 Å². The van der Waals surface area contributed by atoms with Crippen LogP contribution in [0.25, 0.3) is 0 Å². The zero-order valence-electron chi connectivity index (χ0n) is 24.5. The van der Waals surface area contributed by atoms with Crippen LogP contribution in [-0.2, 0) is 44.5 Å². The highest BCUT2D eigenvalue weighted by Gasteiger charge is 2.07. The highest BCUT2D eigenvalue weighted by Crippen LogP contribution is 2.16. The van der Waals surface area contributed by atoms with Gasteiger partial charge >= 0.3 is 18.0 Å². The van der Waals surface area contributed by atoms with Crippen LogP contribution in [0, 0.1) is 0 Å². The molecule has 0 aliphatic rings. The van der Waals surface area contributed by atoms with Crippen molar-refractivity contribution in [1.29, 1.82) is 0 Å². The van der Waals surface area contributed by atoms with Gasteiger partial charge in [0.1, 0.15) is 13.2 Å². The van der Waals surface area contributed by atoms with Gasteiger partial charge in [0.2, 0.25) is 5.91 Å². The van der Waals surface area contributed by atoms with Gasteiger partial charge < -0.3 is 29.0 Å². The minimum Gasteiger partial charge on any atom is -0.463 e. The molecular weight excluding hydrogens is 544 g/mol. The second-order valence-electron chi connectivity index (χ2n) is 9.47. The number of unbranched alkanes of at least 4 members (excludes halogenated alkanes) is 2. The third kappa shape index (κ3) is 16.3. The Morgan fingerprint density at radius 3 is 1.60 bits per heavy atom. The summed E-state index contributed by atoms with van der Waals surface area (Å²) in [6, 6.07) is 15.1. The van der Waals surface area contributed by atoms with Crippen molar-refractivity contribution in [3.05, 3.63) is 59.7 Å². The van der Waals surface area contributed by atoms with Crippen molar-refractivity contribution in [2.45, 2.75) is 51.9 Å². The van der Waals surface area contributed by atoms with Crippen molar-refractivity contribution in [2.24, 2.45) is 0 Å². The maximum atomic E-state index is 12.1. The predicted molar refractivity (Wildman–Crippen MR) is 157 cm³/mol. The van der Waals surface area contributed by atoms with Gasteiger partial charge in [0.15, 0.2) is 0 Å². The molecule has 2 amide bonds. The van der Waals surface area contributed by atoms with Crippen LogP contribution in [0.1, 0.15) is 56.6 Å². The number of ether oxygens (including phenoxy) is 5. The molecule has 2 N–H and O–H groups in total. The minimum absolute atomic E-state index is 0.109. The topological polar surface area (TPSA) is 138 Å². The summed E-state index contributed by atoms with van der Waals surface area (Å²) in [5, 5.41) is 5.43. The normalized spacial score (nSPS) is 10.5. The van der Waals surface area contributed by atoms with Crippen LogP contribution < -0.4 is 10.6 Å². The van der Waals surface area contributed by atoms with Gasteiger partial charge in [-0.05, 0) is 67.5 Å². The van der Waals surface area contributed by atoms with Gasteiger partial charge in [0.05, 0.1) is 19.8 Å². The molecule has 0 spiro atoms. The van der Waals surface area contributed by atoms with Crippen LogP contribution in [0.5, 0.6) is 0 Å². The van der Waals surface area contributed by atoms with Gasteiger partial charge in [0, 0.05) is 44.9 Å². The quantitative estimate of drug-likeness (QED) is 0.126. The number of nitrogens with one attached hydrogen (secondary N) is 2. The van der Waals surface area contributed by atoms with Crippen molar-refractivity contribution in [1.82, 2.24) is 0 Å². The number of carbonyl (C=O) groups is 4. The molecule has 0 aliphatic carbocycles. The lowest BCUT2D eigenvalue weighted by atomic mass is 10.0. The van der Waals surface area contributed by atoms with E-state index in [1.54, 1.807) is 19.2 Å². The molecule has 230 valence electrons. The maximum absolute atomic E-state index is 12.1. The molecule has 0 heterocycles. The second kappa shape index (κ2) is 20.8. The Morgan fingerprint density at radius 2 is 1.10 bits per heavy atom. The van der Waals surface area contributed by atoms with E-state index >= 15 is 0 Å². The Bertz CT molecular complexity index is 1090. The predicted octanol–water partition coefficient (Wildman–Crippen LogP) is 4.87. The van der Waals surface area contributed by atoms with E-state index in [2.05, 4.69) is 10.6 Å². The zero-order valence-corrected chi connectivity index (χ0v) is 24.5. The number of esters is 2.